The highest BCUT2D eigenvalue weighted by Gasteiger charge is 2.63. The van der Waals surface area contributed by atoms with E-state index in [0.717, 1.165) is 6.20 Å². The number of nitrogens with zero attached hydrogens (tertiary/aromatic N) is 1. The van der Waals surface area contributed by atoms with E-state index in [1.807, 2.05) is 5.32 Å². The Labute approximate surface area is 157 Å². The van der Waals surface area contributed by atoms with Crippen LogP contribution in [0.3, 0.4) is 0 Å². The van der Waals surface area contributed by atoms with Gasteiger partial charge in [-0.15, -0.1) is 0 Å². The van der Waals surface area contributed by atoms with Crippen molar-refractivity contribution in [3.05, 3.63) is 59.4 Å². The number of rotatable bonds is 6. The van der Waals surface area contributed by atoms with Gasteiger partial charge in [0.1, 0.15) is 0 Å². The lowest BCUT2D eigenvalue weighted by Gasteiger charge is -2.35. The minimum atomic E-state index is -5.23. The van der Waals surface area contributed by atoms with Crippen LogP contribution in [0.1, 0.15) is 17.3 Å². The van der Waals surface area contributed by atoms with Crippen LogP contribution < -0.4 is 10.6 Å². The van der Waals surface area contributed by atoms with Gasteiger partial charge in [-0.25, -0.2) is 4.79 Å². The van der Waals surface area contributed by atoms with Crippen LogP contribution >= 0.6 is 11.6 Å². The third kappa shape index (κ3) is 4.68. The second-order valence-electron chi connectivity index (χ2n) is 5.30. The van der Waals surface area contributed by atoms with Crippen LogP contribution in [0, 0.1) is 0 Å². The average Bonchev–Trinajstić information content (AvgIpc) is 2.62. The number of hydrogen-bond acceptors (Lipinski definition) is 5. The molecule has 0 radical (unpaired) electrons. The molecular weight excluding hydrogens is 387 g/mol. The maximum Gasteiger partial charge on any atom is 0.441 e. The molecule has 1 atom stereocenters. The molecule has 2 N–H and O–H groups in total. The number of nitrogens with one attached hydrogen (secondary N) is 2. The minimum Gasteiger partial charge on any atom is -0.463 e. The van der Waals surface area contributed by atoms with E-state index < -0.39 is 23.7 Å². The number of ether oxygens (including phenoxy) is 1. The standard InChI is InChI=1S/C17H15ClF3N3O3/c1-2-27-15(26)16(17(19,20)21,23-13-7-5-12(18)6-8-13)24-14(25)11-4-3-9-22-10-11/h3-10,23H,2H2,1H3,(H,24,25)/t16-/m1/s1. The van der Waals surface area contributed by atoms with Crippen molar-refractivity contribution in [1.29, 1.82) is 0 Å². The number of alkyl halides is 3. The van der Waals surface area contributed by atoms with Crippen LogP contribution in [0.5, 0.6) is 0 Å². The van der Waals surface area contributed by atoms with Gasteiger partial charge in [0.05, 0.1) is 12.2 Å². The molecule has 6 nitrogen and oxygen atoms in total. The van der Waals surface area contributed by atoms with Gasteiger partial charge in [0, 0.05) is 23.1 Å². The number of pyridine rings is 1. The molecule has 2 rings (SSSR count). The van der Waals surface area contributed by atoms with Crippen molar-refractivity contribution < 1.29 is 27.5 Å². The second kappa shape index (κ2) is 8.26. The number of aromatic nitrogens is 1. The van der Waals surface area contributed by atoms with Crippen molar-refractivity contribution in [2.75, 3.05) is 11.9 Å². The minimum absolute atomic E-state index is 0.101. The Morgan fingerprint density at radius 1 is 1.19 bits per heavy atom. The quantitative estimate of drug-likeness (QED) is 0.573. The van der Waals surface area contributed by atoms with E-state index in [-0.39, 0.29) is 22.9 Å². The number of carbonyl (C=O) groups excluding carboxylic acids is 2. The fraction of sp³-hybridized carbons (Fsp3) is 0.235. The number of anilines is 1. The summed E-state index contributed by atoms with van der Waals surface area (Å²) in [5.41, 5.74) is -3.77. The van der Waals surface area contributed by atoms with Gasteiger partial charge in [-0.05, 0) is 43.3 Å². The Morgan fingerprint density at radius 2 is 1.85 bits per heavy atom. The smallest absolute Gasteiger partial charge is 0.441 e. The molecule has 0 aliphatic carbocycles. The average molecular weight is 402 g/mol. The maximum absolute atomic E-state index is 14.0. The van der Waals surface area contributed by atoms with E-state index in [4.69, 9.17) is 11.6 Å². The first kappa shape index (κ1) is 20.5. The lowest BCUT2D eigenvalue weighted by molar-refractivity contribution is -0.204. The first-order valence-corrected chi connectivity index (χ1v) is 8.07. The number of benzene rings is 1. The van der Waals surface area contributed by atoms with Crippen LogP contribution in [-0.4, -0.2) is 35.3 Å². The van der Waals surface area contributed by atoms with Crippen molar-refractivity contribution >= 4 is 29.2 Å². The van der Waals surface area contributed by atoms with Crippen molar-refractivity contribution in [2.45, 2.75) is 18.8 Å². The zero-order chi connectivity index (χ0) is 20.1. The highest BCUT2D eigenvalue weighted by molar-refractivity contribution is 6.30. The summed E-state index contributed by atoms with van der Waals surface area (Å²) in [5, 5.41) is 4.03. The molecule has 0 aliphatic rings. The Kier molecular flexibility index (Phi) is 6.27. The van der Waals surface area contributed by atoms with Crippen LogP contribution in [0.2, 0.25) is 5.02 Å². The van der Waals surface area contributed by atoms with Gasteiger partial charge in [-0.3, -0.25) is 9.78 Å². The van der Waals surface area contributed by atoms with E-state index in [9.17, 15) is 22.8 Å². The van der Waals surface area contributed by atoms with E-state index in [1.54, 1.807) is 5.32 Å². The van der Waals surface area contributed by atoms with Crippen LogP contribution in [0.15, 0.2) is 48.8 Å². The Morgan fingerprint density at radius 3 is 2.37 bits per heavy atom. The van der Waals surface area contributed by atoms with Crippen LogP contribution in [0.4, 0.5) is 18.9 Å². The maximum atomic E-state index is 14.0. The predicted octanol–water partition coefficient (Wildman–Crippen LogP) is 3.40. The highest BCUT2D eigenvalue weighted by Crippen LogP contribution is 2.33. The summed E-state index contributed by atoms with van der Waals surface area (Å²) in [7, 11) is 0. The summed E-state index contributed by atoms with van der Waals surface area (Å²) < 4.78 is 46.5. The SMILES string of the molecule is CCOC(=O)[C@](NC(=O)c1cccnc1)(Nc1ccc(Cl)cc1)C(F)(F)F. The van der Waals surface area contributed by atoms with Gasteiger partial charge in [-0.2, -0.15) is 13.2 Å². The fourth-order valence-corrected chi connectivity index (χ4v) is 2.25. The molecule has 27 heavy (non-hydrogen) atoms. The molecule has 1 aromatic heterocycles. The topological polar surface area (TPSA) is 80.3 Å². The molecule has 2 aromatic rings. The van der Waals surface area contributed by atoms with Gasteiger partial charge in [-0.1, -0.05) is 11.6 Å². The lowest BCUT2D eigenvalue weighted by Crippen LogP contribution is -2.69. The molecule has 0 saturated heterocycles. The summed E-state index contributed by atoms with van der Waals surface area (Å²) in [6.07, 6.45) is -2.80. The summed E-state index contributed by atoms with van der Waals surface area (Å²) in [5.74, 6) is -2.86. The molecule has 1 aromatic carbocycles. The summed E-state index contributed by atoms with van der Waals surface area (Å²) in [6.45, 7) is 1.03. The molecule has 1 amide bonds. The number of hydrogen-bond donors (Lipinski definition) is 2. The number of amides is 1. The molecule has 1 heterocycles. The summed E-state index contributed by atoms with van der Waals surface area (Å²) >= 11 is 5.73. The zero-order valence-electron chi connectivity index (χ0n) is 14.0. The molecule has 0 bridgehead atoms. The summed E-state index contributed by atoms with van der Waals surface area (Å²) in [4.78, 5) is 28.3. The van der Waals surface area contributed by atoms with E-state index in [2.05, 4.69) is 9.72 Å². The Hall–Kier alpha value is -2.81. The first-order chi connectivity index (χ1) is 12.7. The molecular formula is C17H15ClF3N3O3. The lowest BCUT2D eigenvalue weighted by atomic mass is 10.1. The van der Waals surface area contributed by atoms with Gasteiger partial charge >= 0.3 is 17.8 Å². The molecule has 0 spiro atoms. The summed E-state index contributed by atoms with van der Waals surface area (Å²) in [6, 6.07) is 7.77. The van der Waals surface area contributed by atoms with Gasteiger partial charge < -0.3 is 15.4 Å². The third-order valence-electron chi connectivity index (χ3n) is 3.41. The monoisotopic (exact) mass is 401 g/mol. The molecule has 10 heteroatoms. The van der Waals surface area contributed by atoms with Gasteiger partial charge in [0.2, 0.25) is 0 Å². The molecule has 0 saturated carbocycles. The molecule has 0 unspecified atom stereocenters. The fourth-order valence-electron chi connectivity index (χ4n) is 2.12. The predicted molar refractivity (Wildman–Crippen MR) is 92.2 cm³/mol. The van der Waals surface area contributed by atoms with Gasteiger partial charge in [0.15, 0.2) is 0 Å². The Balaban J connectivity index is 2.48. The zero-order valence-corrected chi connectivity index (χ0v) is 14.8. The van der Waals surface area contributed by atoms with Crippen LogP contribution in [-0.2, 0) is 9.53 Å². The van der Waals surface area contributed by atoms with E-state index >= 15 is 0 Å². The second-order valence-corrected chi connectivity index (χ2v) is 5.73. The highest BCUT2D eigenvalue weighted by atomic mass is 35.5. The number of carbonyl (C=O) groups is 2. The number of halogens is 4. The normalized spacial score (nSPS) is 13.4. The van der Waals surface area contributed by atoms with E-state index in [1.165, 1.54) is 49.5 Å². The van der Waals surface area contributed by atoms with Gasteiger partial charge in [0.25, 0.3) is 5.91 Å². The largest absolute Gasteiger partial charge is 0.463 e. The molecule has 0 aliphatic heterocycles. The van der Waals surface area contributed by atoms with Crippen molar-refractivity contribution in [1.82, 2.24) is 10.3 Å². The number of esters is 1. The molecule has 144 valence electrons. The van der Waals surface area contributed by atoms with E-state index in [0.29, 0.717) is 0 Å². The Bertz CT molecular complexity index is 801. The third-order valence-corrected chi connectivity index (χ3v) is 3.66. The molecule has 0 fully saturated rings. The van der Waals surface area contributed by atoms with Crippen molar-refractivity contribution in [3.63, 3.8) is 0 Å². The first-order valence-electron chi connectivity index (χ1n) is 7.70. The van der Waals surface area contributed by atoms with Crippen LogP contribution in [0.25, 0.3) is 0 Å². The van der Waals surface area contributed by atoms with Crippen molar-refractivity contribution in [2.24, 2.45) is 0 Å². The van der Waals surface area contributed by atoms with Crippen molar-refractivity contribution in [3.8, 4) is 0 Å².